The van der Waals surface area contributed by atoms with Gasteiger partial charge in [-0.15, -0.1) is 0 Å². The largest absolute Gasteiger partial charge is 0.367 e. The van der Waals surface area contributed by atoms with Crippen LogP contribution in [0.5, 0.6) is 0 Å². The highest BCUT2D eigenvalue weighted by Crippen LogP contribution is 2.27. The summed E-state index contributed by atoms with van der Waals surface area (Å²) in [6.07, 6.45) is 1.77. The van der Waals surface area contributed by atoms with Crippen LogP contribution in [0.2, 0.25) is 5.02 Å². The Hall–Kier alpha value is -3.18. The van der Waals surface area contributed by atoms with Gasteiger partial charge >= 0.3 is 0 Å². The van der Waals surface area contributed by atoms with Gasteiger partial charge in [-0.3, -0.25) is 9.69 Å². The number of benzene rings is 2. The molecule has 0 unspecified atom stereocenters. The molecule has 0 aliphatic carbocycles. The first-order valence-corrected chi connectivity index (χ1v) is 15.4. The highest BCUT2D eigenvalue weighted by molar-refractivity contribution is 7.89. The Morgan fingerprint density at radius 2 is 1.57 bits per heavy atom. The van der Waals surface area contributed by atoms with Crippen molar-refractivity contribution in [2.75, 3.05) is 62.2 Å². The fourth-order valence-electron chi connectivity index (χ4n) is 5.55. The summed E-state index contributed by atoms with van der Waals surface area (Å²) in [6.45, 7) is 10.3. The molecular weight excluding hydrogens is 548 g/mol. The molecule has 9 nitrogen and oxygen atoms in total. The van der Waals surface area contributed by atoms with Crippen molar-refractivity contribution in [3.8, 4) is 0 Å². The summed E-state index contributed by atoms with van der Waals surface area (Å²) in [6, 6.07) is 14.6. The summed E-state index contributed by atoms with van der Waals surface area (Å²) in [5, 5.41) is 6.10. The summed E-state index contributed by atoms with van der Waals surface area (Å²) < 4.78 is 24.1. The predicted molar refractivity (Wildman–Crippen MR) is 159 cm³/mol. The number of carbonyl (C=O) groups excluding carboxylic acids is 1. The van der Waals surface area contributed by atoms with Crippen molar-refractivity contribution in [2.45, 2.75) is 25.3 Å². The number of hydrogen-bond acceptors (Lipinski definition) is 7. The van der Waals surface area contributed by atoms with Gasteiger partial charge < -0.3 is 14.7 Å². The number of aromatic nitrogens is 1. The van der Waals surface area contributed by atoms with Crippen molar-refractivity contribution in [3.63, 3.8) is 0 Å². The average molecular weight is 583 g/mol. The van der Waals surface area contributed by atoms with E-state index in [2.05, 4.69) is 33.8 Å². The monoisotopic (exact) mass is 582 g/mol. The SMILES string of the molecule is Cc1cc(C)c(C(=O)N2CCN(c3ccccc3S(N)(=O)=O)CC2)cc1CN1CCN(c2ncccc2Cl)CC1. The van der Waals surface area contributed by atoms with Gasteiger partial charge in [-0.05, 0) is 60.9 Å². The van der Waals surface area contributed by atoms with Crippen LogP contribution in [0.3, 0.4) is 0 Å². The fraction of sp³-hybridized carbons (Fsp3) is 0.379. The van der Waals surface area contributed by atoms with Crippen molar-refractivity contribution in [1.29, 1.82) is 0 Å². The Balaban J connectivity index is 1.24. The van der Waals surface area contributed by atoms with E-state index in [1.54, 1.807) is 24.4 Å². The van der Waals surface area contributed by atoms with Crippen LogP contribution in [0, 0.1) is 13.8 Å². The van der Waals surface area contributed by atoms with Crippen molar-refractivity contribution in [3.05, 3.63) is 82.0 Å². The minimum atomic E-state index is -3.84. The third kappa shape index (κ3) is 6.10. The van der Waals surface area contributed by atoms with Gasteiger partial charge in [0.2, 0.25) is 10.0 Å². The molecule has 0 radical (unpaired) electrons. The molecule has 3 heterocycles. The van der Waals surface area contributed by atoms with Gasteiger partial charge in [0.05, 0.1) is 10.7 Å². The van der Waals surface area contributed by atoms with E-state index in [1.165, 1.54) is 11.6 Å². The van der Waals surface area contributed by atoms with Gasteiger partial charge in [0, 0.05) is 70.7 Å². The Bertz CT molecular complexity index is 1500. The van der Waals surface area contributed by atoms with Crippen LogP contribution in [0.1, 0.15) is 27.0 Å². The van der Waals surface area contributed by atoms with Crippen molar-refractivity contribution >= 4 is 39.0 Å². The summed E-state index contributed by atoms with van der Waals surface area (Å²) in [7, 11) is -3.84. The van der Waals surface area contributed by atoms with Crippen LogP contribution in [-0.4, -0.2) is 81.5 Å². The Morgan fingerprint density at radius 3 is 2.25 bits per heavy atom. The topological polar surface area (TPSA) is 103 Å². The number of nitrogens with two attached hydrogens (primary N) is 1. The van der Waals surface area contributed by atoms with E-state index in [9.17, 15) is 13.2 Å². The van der Waals surface area contributed by atoms with E-state index in [1.807, 2.05) is 28.9 Å². The molecule has 1 amide bonds. The third-order valence-electron chi connectivity index (χ3n) is 7.80. The van der Waals surface area contributed by atoms with E-state index in [-0.39, 0.29) is 10.8 Å². The van der Waals surface area contributed by atoms with Crippen LogP contribution in [0.4, 0.5) is 11.5 Å². The highest BCUT2D eigenvalue weighted by Gasteiger charge is 2.27. The summed E-state index contributed by atoms with van der Waals surface area (Å²) in [5.74, 6) is 0.837. The smallest absolute Gasteiger partial charge is 0.254 e. The average Bonchev–Trinajstić information content (AvgIpc) is 2.94. The van der Waals surface area contributed by atoms with Crippen LogP contribution in [0.25, 0.3) is 0 Å². The van der Waals surface area contributed by atoms with Crippen LogP contribution < -0.4 is 14.9 Å². The molecule has 3 aromatic rings. The zero-order chi connectivity index (χ0) is 28.4. The van der Waals surface area contributed by atoms with Gasteiger partial charge in [-0.2, -0.15) is 0 Å². The molecule has 40 heavy (non-hydrogen) atoms. The number of piperazine rings is 2. The predicted octanol–water partition coefficient (Wildman–Crippen LogP) is 3.28. The molecule has 0 bridgehead atoms. The Morgan fingerprint density at radius 1 is 0.900 bits per heavy atom. The number of nitrogens with zero attached hydrogens (tertiary/aromatic N) is 5. The summed E-state index contributed by atoms with van der Waals surface area (Å²) in [5.41, 5.74) is 4.59. The number of amides is 1. The van der Waals surface area contributed by atoms with Crippen LogP contribution in [0.15, 0.2) is 59.6 Å². The lowest BCUT2D eigenvalue weighted by atomic mass is 9.98. The Labute approximate surface area is 241 Å². The Kier molecular flexibility index (Phi) is 8.32. The number of hydrogen-bond donors (Lipinski definition) is 1. The molecular formula is C29H35ClN6O3S. The number of halogens is 1. The summed E-state index contributed by atoms with van der Waals surface area (Å²) in [4.78, 5) is 26.6. The number of sulfonamides is 1. The number of para-hydroxylation sites is 1. The molecule has 2 N–H and O–H groups in total. The minimum Gasteiger partial charge on any atom is -0.367 e. The lowest BCUT2D eigenvalue weighted by Gasteiger charge is -2.37. The van der Waals surface area contributed by atoms with Crippen LogP contribution in [-0.2, 0) is 16.6 Å². The lowest BCUT2D eigenvalue weighted by Crippen LogP contribution is -2.49. The molecule has 212 valence electrons. The maximum atomic E-state index is 13.6. The van der Waals surface area contributed by atoms with Gasteiger partial charge in [0.15, 0.2) is 0 Å². The second kappa shape index (κ2) is 11.7. The number of aryl methyl sites for hydroxylation is 2. The van der Waals surface area contributed by atoms with Crippen molar-refractivity contribution < 1.29 is 13.2 Å². The van der Waals surface area contributed by atoms with Gasteiger partial charge in [-0.25, -0.2) is 18.5 Å². The third-order valence-corrected chi connectivity index (χ3v) is 9.05. The zero-order valence-electron chi connectivity index (χ0n) is 22.9. The van der Waals surface area contributed by atoms with E-state index in [4.69, 9.17) is 16.7 Å². The van der Waals surface area contributed by atoms with E-state index < -0.39 is 10.0 Å². The van der Waals surface area contributed by atoms with Gasteiger partial charge in [0.25, 0.3) is 5.91 Å². The fourth-order valence-corrected chi connectivity index (χ4v) is 6.54. The summed E-state index contributed by atoms with van der Waals surface area (Å²) >= 11 is 6.35. The number of carbonyl (C=O) groups is 1. The number of anilines is 2. The maximum absolute atomic E-state index is 13.6. The molecule has 0 saturated carbocycles. The molecule has 0 spiro atoms. The van der Waals surface area contributed by atoms with Gasteiger partial charge in [0.1, 0.15) is 10.7 Å². The van der Waals surface area contributed by atoms with E-state index in [0.717, 1.165) is 55.2 Å². The van der Waals surface area contributed by atoms with Crippen molar-refractivity contribution in [2.24, 2.45) is 5.14 Å². The molecule has 1 aromatic heterocycles. The first-order valence-electron chi connectivity index (χ1n) is 13.5. The molecule has 2 aromatic carbocycles. The standard InChI is InChI=1S/C29H35ClN6O3S/c1-21-18-22(2)24(19-23(21)20-33-10-12-35(13-11-33)28-25(30)6-5-9-32-28)29(37)36-16-14-34(15-17-36)26-7-3-4-8-27(26)40(31,38)39/h3-9,18-19H,10-17,20H2,1-2H3,(H2,31,38,39). The lowest BCUT2D eigenvalue weighted by molar-refractivity contribution is 0.0745. The molecule has 2 aliphatic rings. The molecule has 2 aliphatic heterocycles. The normalized spacial score (nSPS) is 16.9. The van der Waals surface area contributed by atoms with Crippen LogP contribution >= 0.6 is 11.6 Å². The van der Waals surface area contributed by atoms with E-state index in [0.29, 0.717) is 36.9 Å². The second-order valence-electron chi connectivity index (χ2n) is 10.5. The second-order valence-corrected chi connectivity index (χ2v) is 12.4. The molecule has 5 rings (SSSR count). The number of rotatable bonds is 6. The zero-order valence-corrected chi connectivity index (χ0v) is 24.5. The quantitative estimate of drug-likeness (QED) is 0.476. The minimum absolute atomic E-state index is 0.00717. The first kappa shape index (κ1) is 28.4. The molecule has 11 heteroatoms. The number of primary sulfonamides is 1. The highest BCUT2D eigenvalue weighted by atomic mass is 35.5. The molecule has 0 atom stereocenters. The molecule has 2 fully saturated rings. The molecule has 2 saturated heterocycles. The maximum Gasteiger partial charge on any atom is 0.254 e. The van der Waals surface area contributed by atoms with Crippen molar-refractivity contribution in [1.82, 2.24) is 14.8 Å². The van der Waals surface area contributed by atoms with Gasteiger partial charge in [-0.1, -0.05) is 29.8 Å². The van der Waals surface area contributed by atoms with E-state index >= 15 is 0 Å². The first-order chi connectivity index (χ1) is 19.1. The number of pyridine rings is 1.